The molecule has 0 radical (unpaired) electrons. The maximum Gasteiger partial charge on any atom is 0.261 e. The van der Waals surface area contributed by atoms with E-state index in [1.165, 1.54) is 57.1 Å². The molecular weight excluding hydrogens is 466 g/mol. The topological polar surface area (TPSA) is 61.4 Å². The molecular formula is C30H41N3O2S. The van der Waals surface area contributed by atoms with Crippen LogP contribution in [0.2, 0.25) is 0 Å². The van der Waals surface area contributed by atoms with E-state index < -0.39 is 10.0 Å². The first-order chi connectivity index (χ1) is 17.5. The highest BCUT2D eigenvalue weighted by molar-refractivity contribution is 7.92. The van der Waals surface area contributed by atoms with Crippen LogP contribution in [0.5, 0.6) is 0 Å². The third kappa shape index (κ3) is 8.90. The first-order valence-electron chi connectivity index (χ1n) is 13.3. The highest BCUT2D eigenvalue weighted by atomic mass is 32.2. The van der Waals surface area contributed by atoms with E-state index >= 15 is 0 Å². The lowest BCUT2D eigenvalue weighted by Gasteiger charge is -2.25. The summed E-state index contributed by atoms with van der Waals surface area (Å²) in [5.74, 6) is 0. The Morgan fingerprint density at radius 2 is 1.11 bits per heavy atom. The molecule has 0 spiro atoms. The SMILES string of the molecule is CCCCCCN(CCCCCC)c1ccc(Nc2ccc(NS(=O)(=O)c3ccccc3)cc2)cc1. The normalized spacial score (nSPS) is 11.3. The Hall–Kier alpha value is -2.99. The largest absolute Gasteiger partial charge is 0.372 e. The fourth-order valence-corrected chi connectivity index (χ4v) is 5.27. The highest BCUT2D eigenvalue weighted by Gasteiger charge is 2.13. The second kappa shape index (κ2) is 14.5. The molecule has 0 aliphatic carbocycles. The maximum atomic E-state index is 12.5. The molecule has 0 aliphatic heterocycles. The van der Waals surface area contributed by atoms with Crippen molar-refractivity contribution < 1.29 is 8.42 Å². The van der Waals surface area contributed by atoms with E-state index in [-0.39, 0.29) is 4.90 Å². The Morgan fingerprint density at radius 1 is 0.611 bits per heavy atom. The van der Waals surface area contributed by atoms with Crippen LogP contribution in [-0.4, -0.2) is 21.5 Å². The lowest BCUT2D eigenvalue weighted by molar-refractivity contribution is 0.601. The van der Waals surface area contributed by atoms with Crippen molar-refractivity contribution in [2.75, 3.05) is 28.0 Å². The zero-order valence-corrected chi connectivity index (χ0v) is 22.6. The van der Waals surface area contributed by atoms with Crippen molar-refractivity contribution in [3.63, 3.8) is 0 Å². The van der Waals surface area contributed by atoms with Crippen molar-refractivity contribution in [2.24, 2.45) is 0 Å². The van der Waals surface area contributed by atoms with Gasteiger partial charge in [-0.15, -0.1) is 0 Å². The van der Waals surface area contributed by atoms with Gasteiger partial charge in [0.1, 0.15) is 0 Å². The Labute approximate surface area is 218 Å². The summed E-state index contributed by atoms with van der Waals surface area (Å²) in [5, 5.41) is 3.42. The minimum atomic E-state index is -3.59. The first kappa shape index (κ1) is 27.6. The van der Waals surface area contributed by atoms with Gasteiger partial charge in [-0.1, -0.05) is 70.6 Å². The van der Waals surface area contributed by atoms with Crippen LogP contribution in [0.3, 0.4) is 0 Å². The van der Waals surface area contributed by atoms with Crippen molar-refractivity contribution in [1.29, 1.82) is 0 Å². The molecule has 36 heavy (non-hydrogen) atoms. The van der Waals surface area contributed by atoms with Crippen molar-refractivity contribution in [2.45, 2.75) is 70.1 Å². The van der Waals surface area contributed by atoms with Crippen molar-refractivity contribution in [3.8, 4) is 0 Å². The number of benzene rings is 3. The van der Waals surface area contributed by atoms with Crippen molar-refractivity contribution in [3.05, 3.63) is 78.9 Å². The number of anilines is 4. The zero-order valence-electron chi connectivity index (χ0n) is 21.7. The van der Waals surface area contributed by atoms with Gasteiger partial charge in [0.25, 0.3) is 10.0 Å². The molecule has 0 aliphatic rings. The Balaban J connectivity index is 1.59. The van der Waals surface area contributed by atoms with E-state index in [1.807, 2.05) is 12.1 Å². The summed E-state index contributed by atoms with van der Waals surface area (Å²) in [6.45, 7) is 6.73. The van der Waals surface area contributed by atoms with Crippen LogP contribution in [0.15, 0.2) is 83.8 Å². The molecule has 0 heterocycles. The monoisotopic (exact) mass is 507 g/mol. The summed E-state index contributed by atoms with van der Waals surface area (Å²) in [6.07, 6.45) is 10.2. The van der Waals surface area contributed by atoms with Crippen molar-refractivity contribution in [1.82, 2.24) is 0 Å². The van der Waals surface area contributed by atoms with Gasteiger partial charge in [-0.2, -0.15) is 0 Å². The summed E-state index contributed by atoms with van der Waals surface area (Å²) < 4.78 is 27.7. The number of sulfonamides is 1. The number of nitrogens with one attached hydrogen (secondary N) is 2. The van der Waals surface area contributed by atoms with Crippen LogP contribution in [0.1, 0.15) is 65.2 Å². The van der Waals surface area contributed by atoms with Gasteiger partial charge in [-0.3, -0.25) is 4.72 Å². The Morgan fingerprint density at radius 3 is 1.64 bits per heavy atom. The van der Waals surface area contributed by atoms with Gasteiger partial charge < -0.3 is 10.2 Å². The molecule has 2 N–H and O–H groups in total. The van der Waals surface area contributed by atoms with Gasteiger partial charge in [0, 0.05) is 35.8 Å². The number of unbranched alkanes of at least 4 members (excludes halogenated alkanes) is 6. The zero-order chi connectivity index (χ0) is 25.6. The van der Waals surface area contributed by atoms with E-state index in [1.54, 1.807) is 42.5 Å². The minimum Gasteiger partial charge on any atom is -0.372 e. The van der Waals surface area contributed by atoms with Crippen LogP contribution in [0.4, 0.5) is 22.7 Å². The molecule has 0 atom stereocenters. The smallest absolute Gasteiger partial charge is 0.261 e. The third-order valence-electron chi connectivity index (χ3n) is 6.27. The number of hydrogen-bond donors (Lipinski definition) is 2. The molecule has 0 amide bonds. The first-order valence-corrected chi connectivity index (χ1v) is 14.8. The van der Waals surface area contributed by atoms with E-state index in [0.29, 0.717) is 5.69 Å². The predicted octanol–water partition coefficient (Wildman–Crippen LogP) is 8.20. The summed E-state index contributed by atoms with van der Waals surface area (Å²) in [7, 11) is -3.59. The van der Waals surface area contributed by atoms with Gasteiger partial charge in [0.15, 0.2) is 0 Å². The fourth-order valence-electron chi connectivity index (χ4n) is 4.19. The molecule has 6 heteroatoms. The van der Waals surface area contributed by atoms with Gasteiger partial charge in [-0.25, -0.2) is 8.42 Å². The van der Waals surface area contributed by atoms with Crippen molar-refractivity contribution >= 4 is 32.8 Å². The minimum absolute atomic E-state index is 0.247. The fraction of sp³-hybridized carbons (Fsp3) is 0.400. The van der Waals surface area contributed by atoms with E-state index in [0.717, 1.165) is 24.5 Å². The lowest BCUT2D eigenvalue weighted by Crippen LogP contribution is -2.25. The van der Waals surface area contributed by atoms with Gasteiger partial charge in [0.2, 0.25) is 0 Å². The molecule has 3 aromatic rings. The third-order valence-corrected chi connectivity index (χ3v) is 7.67. The van der Waals surface area contributed by atoms with Crippen LogP contribution in [0, 0.1) is 0 Å². The number of hydrogen-bond acceptors (Lipinski definition) is 4. The summed E-state index contributed by atoms with van der Waals surface area (Å²) in [6, 6.07) is 24.3. The molecule has 3 rings (SSSR count). The summed E-state index contributed by atoms with van der Waals surface area (Å²) in [4.78, 5) is 2.78. The molecule has 0 saturated carbocycles. The molecule has 3 aromatic carbocycles. The van der Waals surface area contributed by atoms with E-state index in [4.69, 9.17) is 0 Å². The quantitative estimate of drug-likeness (QED) is 0.192. The molecule has 0 aromatic heterocycles. The van der Waals surface area contributed by atoms with E-state index in [9.17, 15) is 8.42 Å². The molecule has 0 fully saturated rings. The molecule has 5 nitrogen and oxygen atoms in total. The number of rotatable bonds is 16. The second-order valence-electron chi connectivity index (χ2n) is 9.28. The maximum absolute atomic E-state index is 12.5. The summed E-state index contributed by atoms with van der Waals surface area (Å²) >= 11 is 0. The average molecular weight is 508 g/mol. The second-order valence-corrected chi connectivity index (χ2v) is 11.0. The number of nitrogens with zero attached hydrogens (tertiary/aromatic N) is 1. The summed E-state index contributed by atoms with van der Waals surface area (Å²) in [5.41, 5.74) is 3.72. The molecule has 0 saturated heterocycles. The highest BCUT2D eigenvalue weighted by Crippen LogP contribution is 2.24. The molecule has 0 bridgehead atoms. The Kier molecular flexibility index (Phi) is 11.1. The Bertz CT molecular complexity index is 1100. The van der Waals surface area contributed by atoms with E-state index in [2.05, 4.69) is 53.1 Å². The van der Waals surface area contributed by atoms with Gasteiger partial charge >= 0.3 is 0 Å². The predicted molar refractivity (Wildman–Crippen MR) is 154 cm³/mol. The average Bonchev–Trinajstić information content (AvgIpc) is 2.90. The van der Waals surface area contributed by atoms with Crippen LogP contribution in [0.25, 0.3) is 0 Å². The van der Waals surface area contributed by atoms with Crippen LogP contribution in [-0.2, 0) is 10.0 Å². The van der Waals surface area contributed by atoms with Gasteiger partial charge in [0.05, 0.1) is 4.90 Å². The van der Waals surface area contributed by atoms with Crippen LogP contribution < -0.4 is 14.9 Å². The molecule has 0 unspecified atom stereocenters. The standard InChI is InChI=1S/C30H41N3O2S/c1-3-5-7-12-24-33(25-13-8-6-4-2)29-22-20-27(21-23-29)31-26-16-18-28(19-17-26)32-36(34,35)30-14-10-9-11-15-30/h9-11,14-23,31-32H,3-8,12-13,24-25H2,1-2H3. The van der Waals surface area contributed by atoms with Gasteiger partial charge in [-0.05, 0) is 73.5 Å². The lowest BCUT2D eigenvalue weighted by atomic mass is 10.1. The molecule has 194 valence electrons. The van der Waals surface area contributed by atoms with Crippen LogP contribution >= 0.6 is 0 Å².